The van der Waals surface area contributed by atoms with E-state index >= 15 is 0 Å². The van der Waals surface area contributed by atoms with Gasteiger partial charge in [-0.25, -0.2) is 9.59 Å². The van der Waals surface area contributed by atoms with Crippen molar-refractivity contribution in [3.05, 3.63) is 35.4 Å². The third-order valence-electron chi connectivity index (χ3n) is 4.26. The van der Waals surface area contributed by atoms with Gasteiger partial charge in [0.1, 0.15) is 0 Å². The lowest BCUT2D eigenvalue weighted by Gasteiger charge is -2.21. The predicted molar refractivity (Wildman–Crippen MR) is 88.5 cm³/mol. The van der Waals surface area contributed by atoms with Crippen LogP contribution < -0.4 is 0 Å². The fourth-order valence-corrected chi connectivity index (χ4v) is 2.77. The molecule has 2 rings (SSSR count). The van der Waals surface area contributed by atoms with Crippen LogP contribution in [0.1, 0.15) is 72.6 Å². The molecule has 0 aromatic heterocycles. The summed E-state index contributed by atoms with van der Waals surface area (Å²) in [5, 5.41) is 0. The van der Waals surface area contributed by atoms with Crippen molar-refractivity contribution in [3.8, 4) is 0 Å². The average molecular weight is 318 g/mol. The monoisotopic (exact) mass is 318 g/mol. The summed E-state index contributed by atoms with van der Waals surface area (Å²) in [7, 11) is 0. The van der Waals surface area contributed by atoms with Gasteiger partial charge in [-0.15, -0.1) is 0 Å². The lowest BCUT2D eigenvalue weighted by molar-refractivity contribution is 0.0408. The van der Waals surface area contributed by atoms with Crippen LogP contribution in [0.2, 0.25) is 0 Å². The van der Waals surface area contributed by atoms with Crippen LogP contribution in [0.3, 0.4) is 0 Å². The summed E-state index contributed by atoms with van der Waals surface area (Å²) >= 11 is 0. The summed E-state index contributed by atoms with van der Waals surface area (Å²) in [6.45, 7) is 2.97. The molecule has 0 spiro atoms. The molecule has 1 aliphatic rings. The zero-order chi connectivity index (χ0) is 16.5. The van der Waals surface area contributed by atoms with Gasteiger partial charge in [0.05, 0.1) is 24.3 Å². The van der Waals surface area contributed by atoms with Gasteiger partial charge in [0.25, 0.3) is 0 Å². The summed E-state index contributed by atoms with van der Waals surface area (Å²) < 4.78 is 10.5. The number of benzene rings is 1. The molecule has 0 saturated heterocycles. The highest BCUT2D eigenvalue weighted by Crippen LogP contribution is 2.24. The molecule has 1 aliphatic carbocycles. The molecule has 0 radical (unpaired) electrons. The Hall–Kier alpha value is -1.84. The van der Waals surface area contributed by atoms with Crippen LogP contribution in [-0.4, -0.2) is 25.2 Å². The highest BCUT2D eigenvalue weighted by Gasteiger charge is 2.16. The number of hydrogen-bond acceptors (Lipinski definition) is 4. The quantitative estimate of drug-likeness (QED) is 0.553. The number of esters is 2. The highest BCUT2D eigenvalue weighted by atomic mass is 16.5. The highest BCUT2D eigenvalue weighted by molar-refractivity contribution is 5.93. The Morgan fingerprint density at radius 2 is 1.52 bits per heavy atom. The molecule has 0 heterocycles. The summed E-state index contributed by atoms with van der Waals surface area (Å²) in [5.41, 5.74) is 0.941. The first-order chi connectivity index (χ1) is 11.2. The molecule has 126 valence electrons. The van der Waals surface area contributed by atoms with Crippen LogP contribution in [0.25, 0.3) is 0 Å². The molecular formula is C19H26O4. The number of ether oxygens (including phenoxy) is 2. The lowest BCUT2D eigenvalue weighted by atomic mass is 9.90. The van der Waals surface area contributed by atoms with Gasteiger partial charge in [-0.3, -0.25) is 0 Å². The molecule has 1 aromatic carbocycles. The van der Waals surface area contributed by atoms with Crippen LogP contribution in [0.15, 0.2) is 24.3 Å². The third kappa shape index (κ3) is 5.70. The molecule has 1 fully saturated rings. The average Bonchev–Trinajstić information content (AvgIpc) is 2.61. The normalized spacial score (nSPS) is 15.2. The van der Waals surface area contributed by atoms with E-state index in [0.717, 1.165) is 25.7 Å². The van der Waals surface area contributed by atoms with E-state index in [4.69, 9.17) is 9.47 Å². The second-order valence-electron chi connectivity index (χ2n) is 6.17. The molecule has 0 N–H and O–H groups in total. The smallest absolute Gasteiger partial charge is 0.338 e. The molecule has 23 heavy (non-hydrogen) atoms. The van der Waals surface area contributed by atoms with Crippen LogP contribution in [0.4, 0.5) is 0 Å². The fourth-order valence-electron chi connectivity index (χ4n) is 2.77. The van der Waals surface area contributed by atoms with Gasteiger partial charge in [-0.05, 0) is 49.4 Å². The SMILES string of the molecule is CCCCOC(=O)c1ccc(C(=O)OCC2CCCCC2)cc1. The summed E-state index contributed by atoms with van der Waals surface area (Å²) in [6.07, 6.45) is 7.90. The Balaban J connectivity index is 1.80. The zero-order valence-electron chi connectivity index (χ0n) is 13.9. The molecule has 0 unspecified atom stereocenters. The Bertz CT molecular complexity index is 501. The van der Waals surface area contributed by atoms with E-state index in [1.807, 2.05) is 6.92 Å². The molecule has 1 saturated carbocycles. The van der Waals surface area contributed by atoms with Crippen molar-refractivity contribution < 1.29 is 19.1 Å². The molecule has 4 heteroatoms. The van der Waals surface area contributed by atoms with Crippen LogP contribution in [0, 0.1) is 5.92 Å². The van der Waals surface area contributed by atoms with Crippen molar-refractivity contribution in [2.24, 2.45) is 5.92 Å². The van der Waals surface area contributed by atoms with E-state index in [-0.39, 0.29) is 11.9 Å². The summed E-state index contributed by atoms with van der Waals surface area (Å²) in [4.78, 5) is 23.8. The second-order valence-corrected chi connectivity index (χ2v) is 6.17. The van der Waals surface area contributed by atoms with Crippen LogP contribution >= 0.6 is 0 Å². The van der Waals surface area contributed by atoms with Crippen molar-refractivity contribution in [3.63, 3.8) is 0 Å². The van der Waals surface area contributed by atoms with Crippen LogP contribution in [0.5, 0.6) is 0 Å². The predicted octanol–water partition coefficient (Wildman–Crippen LogP) is 4.38. The minimum atomic E-state index is -0.347. The van der Waals surface area contributed by atoms with Crippen molar-refractivity contribution in [1.29, 1.82) is 0 Å². The number of carbonyl (C=O) groups excluding carboxylic acids is 2. The van der Waals surface area contributed by atoms with Gasteiger partial charge in [-0.1, -0.05) is 32.6 Å². The van der Waals surface area contributed by atoms with Gasteiger partial charge < -0.3 is 9.47 Å². The van der Waals surface area contributed by atoms with Gasteiger partial charge in [0.2, 0.25) is 0 Å². The largest absolute Gasteiger partial charge is 0.462 e. The first-order valence-electron chi connectivity index (χ1n) is 8.65. The lowest BCUT2D eigenvalue weighted by Crippen LogP contribution is -2.17. The second kappa shape index (κ2) is 9.33. The van der Waals surface area contributed by atoms with Crippen molar-refractivity contribution >= 4 is 11.9 Å². The Morgan fingerprint density at radius 1 is 0.957 bits per heavy atom. The van der Waals surface area contributed by atoms with Gasteiger partial charge in [0, 0.05) is 0 Å². The van der Waals surface area contributed by atoms with Crippen molar-refractivity contribution in [2.45, 2.75) is 51.9 Å². The molecule has 0 bridgehead atoms. The zero-order valence-corrected chi connectivity index (χ0v) is 13.9. The molecule has 0 atom stereocenters. The topological polar surface area (TPSA) is 52.6 Å². The third-order valence-corrected chi connectivity index (χ3v) is 4.26. The van der Waals surface area contributed by atoms with E-state index in [1.54, 1.807) is 24.3 Å². The molecule has 0 aliphatic heterocycles. The maximum absolute atomic E-state index is 12.0. The van der Waals surface area contributed by atoms with E-state index in [1.165, 1.54) is 19.3 Å². The number of hydrogen-bond donors (Lipinski definition) is 0. The minimum absolute atomic E-state index is 0.318. The minimum Gasteiger partial charge on any atom is -0.462 e. The van der Waals surface area contributed by atoms with Crippen molar-refractivity contribution in [1.82, 2.24) is 0 Å². The van der Waals surface area contributed by atoms with E-state index in [9.17, 15) is 9.59 Å². The van der Waals surface area contributed by atoms with E-state index in [0.29, 0.717) is 30.3 Å². The first-order valence-corrected chi connectivity index (χ1v) is 8.65. The van der Waals surface area contributed by atoms with E-state index in [2.05, 4.69) is 0 Å². The van der Waals surface area contributed by atoms with Crippen molar-refractivity contribution in [2.75, 3.05) is 13.2 Å². The fraction of sp³-hybridized carbons (Fsp3) is 0.579. The molecular weight excluding hydrogens is 292 g/mol. The number of unbranched alkanes of at least 4 members (excludes halogenated alkanes) is 1. The standard InChI is InChI=1S/C19H26O4/c1-2-3-13-22-18(20)16-9-11-17(12-10-16)19(21)23-14-15-7-5-4-6-8-15/h9-12,15H,2-8,13-14H2,1H3. The summed E-state index contributed by atoms with van der Waals surface area (Å²) in [5.74, 6) is -0.164. The molecule has 4 nitrogen and oxygen atoms in total. The Labute approximate surface area is 138 Å². The molecule has 1 aromatic rings. The van der Waals surface area contributed by atoms with Crippen LogP contribution in [-0.2, 0) is 9.47 Å². The number of carbonyl (C=O) groups is 2. The Kier molecular flexibility index (Phi) is 7.11. The van der Waals surface area contributed by atoms with Gasteiger partial charge in [-0.2, -0.15) is 0 Å². The summed E-state index contributed by atoms with van der Waals surface area (Å²) in [6, 6.07) is 6.48. The van der Waals surface area contributed by atoms with E-state index < -0.39 is 0 Å². The Morgan fingerprint density at radius 3 is 2.09 bits per heavy atom. The number of rotatable bonds is 7. The molecule has 0 amide bonds. The van der Waals surface area contributed by atoms with Gasteiger partial charge in [0.15, 0.2) is 0 Å². The maximum Gasteiger partial charge on any atom is 0.338 e. The first kappa shape index (κ1) is 17.5. The van der Waals surface area contributed by atoms with Gasteiger partial charge >= 0.3 is 11.9 Å². The maximum atomic E-state index is 12.0.